The summed E-state index contributed by atoms with van der Waals surface area (Å²) in [7, 11) is 1.64. The average molecular weight is 339 g/mol. The lowest BCUT2D eigenvalue weighted by atomic mass is 10.2. The van der Waals surface area contributed by atoms with Crippen LogP contribution in [0.15, 0.2) is 42.6 Å². The number of likely N-dealkylation sites (N-methyl/N-ethyl adjacent to an activating group) is 1. The summed E-state index contributed by atoms with van der Waals surface area (Å²) in [6.07, 6.45) is -2.99. The Hall–Kier alpha value is -2.61. The van der Waals surface area contributed by atoms with Crippen LogP contribution in [0.3, 0.4) is 0 Å². The molecule has 0 radical (unpaired) electrons. The van der Waals surface area contributed by atoms with E-state index in [9.17, 15) is 18.0 Å². The number of carbonyl (C=O) groups excluding carboxylic acids is 1. The van der Waals surface area contributed by atoms with Crippen molar-refractivity contribution < 1.29 is 22.7 Å². The third kappa shape index (κ3) is 4.95. The number of halogens is 3. The molecular formula is C16H16F3N3O2. The Bertz CT molecular complexity index is 705. The van der Waals surface area contributed by atoms with E-state index < -0.39 is 11.7 Å². The SMILES string of the molecule is CNCC(=O)NCc1cccnc1Oc1cccc(C(F)(F)F)c1. The van der Waals surface area contributed by atoms with Crippen LogP contribution in [0.5, 0.6) is 11.6 Å². The molecule has 1 aromatic heterocycles. The summed E-state index contributed by atoms with van der Waals surface area (Å²) >= 11 is 0. The zero-order valence-corrected chi connectivity index (χ0v) is 12.9. The summed E-state index contributed by atoms with van der Waals surface area (Å²) in [5.74, 6) is -0.0562. The summed E-state index contributed by atoms with van der Waals surface area (Å²) in [4.78, 5) is 15.5. The van der Waals surface area contributed by atoms with Gasteiger partial charge in [-0.3, -0.25) is 4.79 Å². The maximum absolute atomic E-state index is 12.7. The second-order valence-corrected chi connectivity index (χ2v) is 4.90. The van der Waals surface area contributed by atoms with Crippen LogP contribution in [0, 0.1) is 0 Å². The lowest BCUT2D eigenvalue weighted by molar-refractivity contribution is -0.137. The van der Waals surface area contributed by atoms with Crippen LogP contribution in [-0.2, 0) is 17.5 Å². The number of nitrogens with one attached hydrogen (secondary N) is 2. The number of alkyl halides is 3. The number of ether oxygens (including phenoxy) is 1. The highest BCUT2D eigenvalue weighted by Gasteiger charge is 2.30. The molecule has 0 atom stereocenters. The molecule has 1 heterocycles. The number of benzene rings is 1. The predicted octanol–water partition coefficient (Wildman–Crippen LogP) is 2.73. The molecular weight excluding hydrogens is 323 g/mol. The normalized spacial score (nSPS) is 11.2. The lowest BCUT2D eigenvalue weighted by Crippen LogP contribution is -2.31. The first-order valence-corrected chi connectivity index (χ1v) is 7.10. The smallest absolute Gasteiger partial charge is 0.416 e. The number of pyridine rings is 1. The van der Waals surface area contributed by atoms with E-state index in [1.165, 1.54) is 18.3 Å². The Labute approximate surface area is 136 Å². The molecule has 5 nitrogen and oxygen atoms in total. The van der Waals surface area contributed by atoms with Crippen LogP contribution < -0.4 is 15.4 Å². The topological polar surface area (TPSA) is 63.2 Å². The minimum Gasteiger partial charge on any atom is -0.439 e. The van der Waals surface area contributed by atoms with Crippen molar-refractivity contribution in [3.05, 3.63) is 53.7 Å². The molecule has 128 valence electrons. The van der Waals surface area contributed by atoms with Crippen LogP contribution in [0.1, 0.15) is 11.1 Å². The van der Waals surface area contributed by atoms with Crippen molar-refractivity contribution in [3.63, 3.8) is 0 Å². The third-order valence-corrected chi connectivity index (χ3v) is 3.04. The van der Waals surface area contributed by atoms with Crippen molar-refractivity contribution >= 4 is 5.91 Å². The maximum atomic E-state index is 12.7. The van der Waals surface area contributed by atoms with Crippen molar-refractivity contribution in [2.24, 2.45) is 0 Å². The molecule has 1 amide bonds. The fourth-order valence-electron chi connectivity index (χ4n) is 1.91. The quantitative estimate of drug-likeness (QED) is 0.849. The van der Waals surface area contributed by atoms with E-state index >= 15 is 0 Å². The van der Waals surface area contributed by atoms with Gasteiger partial charge in [0.25, 0.3) is 0 Å². The van der Waals surface area contributed by atoms with E-state index in [-0.39, 0.29) is 30.6 Å². The zero-order chi connectivity index (χ0) is 17.6. The summed E-state index contributed by atoms with van der Waals surface area (Å²) in [6, 6.07) is 7.86. The van der Waals surface area contributed by atoms with E-state index in [2.05, 4.69) is 15.6 Å². The molecule has 0 saturated heterocycles. The largest absolute Gasteiger partial charge is 0.439 e. The molecule has 2 N–H and O–H groups in total. The van der Waals surface area contributed by atoms with Crippen LogP contribution in [0.2, 0.25) is 0 Å². The van der Waals surface area contributed by atoms with E-state index in [1.54, 1.807) is 19.2 Å². The van der Waals surface area contributed by atoms with Gasteiger partial charge in [-0.1, -0.05) is 12.1 Å². The van der Waals surface area contributed by atoms with Crippen LogP contribution >= 0.6 is 0 Å². The maximum Gasteiger partial charge on any atom is 0.416 e. The molecule has 24 heavy (non-hydrogen) atoms. The molecule has 0 saturated carbocycles. The standard InChI is InChI=1S/C16H16F3N3O2/c1-20-10-14(23)22-9-11-4-3-7-21-15(11)24-13-6-2-5-12(8-13)16(17,18)19/h2-8,20H,9-10H2,1H3,(H,22,23). The van der Waals surface area contributed by atoms with E-state index in [4.69, 9.17) is 4.74 Å². The first kappa shape index (κ1) is 17.7. The Morgan fingerprint density at radius 1 is 1.25 bits per heavy atom. The van der Waals surface area contributed by atoms with Gasteiger partial charge < -0.3 is 15.4 Å². The molecule has 0 aliphatic rings. The van der Waals surface area contributed by atoms with Crippen molar-refractivity contribution in [2.75, 3.05) is 13.6 Å². The molecule has 1 aromatic carbocycles. The van der Waals surface area contributed by atoms with Gasteiger partial charge >= 0.3 is 6.18 Å². The summed E-state index contributed by atoms with van der Waals surface area (Å²) in [5, 5.41) is 5.37. The van der Waals surface area contributed by atoms with Crippen molar-refractivity contribution in [2.45, 2.75) is 12.7 Å². The van der Waals surface area contributed by atoms with Crippen molar-refractivity contribution in [3.8, 4) is 11.6 Å². The van der Waals surface area contributed by atoms with E-state index in [0.29, 0.717) is 5.56 Å². The molecule has 0 bridgehead atoms. The number of hydrogen-bond donors (Lipinski definition) is 2. The zero-order valence-electron chi connectivity index (χ0n) is 12.9. The number of carbonyl (C=O) groups is 1. The van der Waals surface area contributed by atoms with Gasteiger partial charge in [0.15, 0.2) is 0 Å². The Kier molecular flexibility index (Phi) is 5.75. The fourth-order valence-corrected chi connectivity index (χ4v) is 1.91. The second-order valence-electron chi connectivity index (χ2n) is 4.90. The van der Waals surface area contributed by atoms with Gasteiger partial charge in [0.2, 0.25) is 11.8 Å². The lowest BCUT2D eigenvalue weighted by Gasteiger charge is -2.12. The number of nitrogens with zero attached hydrogens (tertiary/aromatic N) is 1. The molecule has 2 rings (SSSR count). The summed E-state index contributed by atoms with van der Waals surface area (Å²) in [6.45, 7) is 0.312. The van der Waals surface area contributed by atoms with Gasteiger partial charge in [-0.2, -0.15) is 13.2 Å². The number of aromatic nitrogens is 1. The second kappa shape index (κ2) is 7.78. The van der Waals surface area contributed by atoms with Gasteiger partial charge in [-0.25, -0.2) is 4.98 Å². The number of hydrogen-bond acceptors (Lipinski definition) is 4. The highest BCUT2D eigenvalue weighted by molar-refractivity contribution is 5.77. The number of amides is 1. The highest BCUT2D eigenvalue weighted by Crippen LogP contribution is 2.32. The van der Waals surface area contributed by atoms with Crippen LogP contribution in [-0.4, -0.2) is 24.5 Å². The van der Waals surface area contributed by atoms with Crippen LogP contribution in [0.25, 0.3) is 0 Å². The summed E-state index contributed by atoms with van der Waals surface area (Å²) < 4.78 is 43.7. The molecule has 0 fully saturated rings. The Balaban J connectivity index is 2.14. The molecule has 0 aliphatic heterocycles. The molecule has 0 unspecified atom stereocenters. The van der Waals surface area contributed by atoms with Gasteiger partial charge in [-0.15, -0.1) is 0 Å². The first-order valence-electron chi connectivity index (χ1n) is 7.10. The number of rotatable bonds is 6. The van der Waals surface area contributed by atoms with Gasteiger partial charge in [0, 0.05) is 18.3 Å². The van der Waals surface area contributed by atoms with Gasteiger partial charge in [0.1, 0.15) is 5.75 Å². The average Bonchev–Trinajstić information content (AvgIpc) is 2.54. The monoisotopic (exact) mass is 339 g/mol. The van der Waals surface area contributed by atoms with Crippen molar-refractivity contribution in [1.29, 1.82) is 0 Å². The molecule has 8 heteroatoms. The summed E-state index contributed by atoms with van der Waals surface area (Å²) in [5.41, 5.74) is -0.251. The third-order valence-electron chi connectivity index (χ3n) is 3.04. The minimum atomic E-state index is -4.45. The highest BCUT2D eigenvalue weighted by atomic mass is 19.4. The first-order chi connectivity index (χ1) is 11.4. The van der Waals surface area contributed by atoms with Gasteiger partial charge in [0.05, 0.1) is 12.1 Å². The Morgan fingerprint density at radius 2 is 2.04 bits per heavy atom. The minimum absolute atomic E-state index is 0.0197. The molecule has 0 aliphatic carbocycles. The molecule has 0 spiro atoms. The van der Waals surface area contributed by atoms with E-state index in [0.717, 1.165) is 12.1 Å². The fraction of sp³-hybridized carbons (Fsp3) is 0.250. The van der Waals surface area contributed by atoms with Crippen molar-refractivity contribution in [1.82, 2.24) is 15.6 Å². The Morgan fingerprint density at radius 3 is 2.75 bits per heavy atom. The van der Waals surface area contributed by atoms with Crippen LogP contribution in [0.4, 0.5) is 13.2 Å². The molecule has 2 aromatic rings. The van der Waals surface area contributed by atoms with E-state index in [1.807, 2.05) is 0 Å². The van der Waals surface area contributed by atoms with Gasteiger partial charge in [-0.05, 0) is 31.3 Å². The predicted molar refractivity (Wildman–Crippen MR) is 81.5 cm³/mol.